The number of nitrogens with zero attached hydrogens (tertiary/aromatic N) is 2. The molecule has 3 rings (SSSR count). The molecule has 0 aliphatic rings. The van der Waals surface area contributed by atoms with Crippen molar-refractivity contribution in [2.45, 2.75) is 26.3 Å². The first-order chi connectivity index (χ1) is 13.1. The molecule has 0 bridgehead atoms. The Bertz CT molecular complexity index is 919. The summed E-state index contributed by atoms with van der Waals surface area (Å²) in [4.78, 5) is 28.6. The first-order valence-electron chi connectivity index (χ1n) is 8.90. The van der Waals surface area contributed by atoms with Gasteiger partial charge in [0.1, 0.15) is 0 Å². The van der Waals surface area contributed by atoms with Gasteiger partial charge in [0.25, 0.3) is 5.91 Å². The summed E-state index contributed by atoms with van der Waals surface area (Å²) in [5.74, 6) is -0.324. The predicted octanol–water partition coefficient (Wildman–Crippen LogP) is 3.73. The molecule has 0 radical (unpaired) electrons. The number of aryl methyl sites for hydroxylation is 2. The molecule has 6 heteroatoms. The van der Waals surface area contributed by atoms with Crippen molar-refractivity contribution in [1.29, 1.82) is 0 Å². The Morgan fingerprint density at radius 3 is 2.56 bits per heavy atom. The monoisotopic (exact) mass is 362 g/mol. The van der Waals surface area contributed by atoms with Crippen LogP contribution in [0.25, 0.3) is 0 Å². The van der Waals surface area contributed by atoms with Gasteiger partial charge in [-0.2, -0.15) is 0 Å². The number of anilines is 2. The molecule has 0 fully saturated rings. The molecule has 6 nitrogen and oxygen atoms in total. The van der Waals surface area contributed by atoms with Gasteiger partial charge in [0.05, 0.1) is 6.33 Å². The summed E-state index contributed by atoms with van der Waals surface area (Å²) in [6, 6.07) is 14.7. The molecule has 0 atom stereocenters. The Kier molecular flexibility index (Phi) is 5.99. The predicted molar refractivity (Wildman–Crippen MR) is 106 cm³/mol. The second kappa shape index (κ2) is 8.80. The minimum atomic E-state index is -0.210. The highest BCUT2D eigenvalue weighted by Gasteiger charge is 2.09. The van der Waals surface area contributed by atoms with Crippen molar-refractivity contribution >= 4 is 23.2 Å². The number of carbonyl (C=O) groups is 2. The van der Waals surface area contributed by atoms with Crippen molar-refractivity contribution in [2.75, 3.05) is 10.6 Å². The van der Waals surface area contributed by atoms with Gasteiger partial charge in [-0.05, 0) is 42.3 Å². The number of hydrogen-bond donors (Lipinski definition) is 2. The normalized spacial score (nSPS) is 10.4. The molecule has 1 heterocycles. The molecule has 2 aromatic carbocycles. The van der Waals surface area contributed by atoms with Crippen LogP contribution in [0.2, 0.25) is 0 Å². The largest absolute Gasteiger partial charge is 0.337 e. The molecule has 0 spiro atoms. The molecule has 0 unspecified atom stereocenters. The van der Waals surface area contributed by atoms with Crippen LogP contribution in [0.1, 0.15) is 29.3 Å². The molecule has 0 aliphatic carbocycles. The number of aromatic nitrogens is 2. The topological polar surface area (TPSA) is 76.0 Å². The van der Waals surface area contributed by atoms with E-state index in [1.165, 1.54) is 0 Å². The second-order valence-corrected chi connectivity index (χ2v) is 6.19. The lowest BCUT2D eigenvalue weighted by molar-refractivity contribution is -0.116. The maximum Gasteiger partial charge on any atom is 0.255 e. The average molecular weight is 362 g/mol. The Balaban J connectivity index is 1.60. The minimum absolute atomic E-state index is 0.114. The molecule has 0 saturated heterocycles. The molecule has 1 aromatic heterocycles. The average Bonchev–Trinajstić information content (AvgIpc) is 3.20. The molecular weight excluding hydrogens is 340 g/mol. The summed E-state index contributed by atoms with van der Waals surface area (Å²) in [6.45, 7) is 2.62. The van der Waals surface area contributed by atoms with E-state index in [-0.39, 0.29) is 11.8 Å². The standard InChI is InChI=1S/C21H22N4O2/c1-2-16-5-3-7-18(13-16)24-21(27)17-6-4-8-19(14-17)23-20(26)9-11-25-12-10-22-15-25/h3-8,10,12-15H,2,9,11H2,1H3,(H,23,26)(H,24,27). The molecule has 138 valence electrons. The van der Waals surface area contributed by atoms with Gasteiger partial charge in [0, 0.05) is 42.3 Å². The van der Waals surface area contributed by atoms with Crippen LogP contribution >= 0.6 is 0 Å². The van der Waals surface area contributed by atoms with E-state index < -0.39 is 0 Å². The SMILES string of the molecule is CCc1cccc(NC(=O)c2cccc(NC(=O)CCn3ccnc3)c2)c1. The van der Waals surface area contributed by atoms with Gasteiger partial charge in [-0.3, -0.25) is 9.59 Å². The zero-order valence-corrected chi connectivity index (χ0v) is 15.2. The highest BCUT2D eigenvalue weighted by molar-refractivity contribution is 6.05. The summed E-state index contributed by atoms with van der Waals surface area (Å²) in [5, 5.41) is 5.72. The van der Waals surface area contributed by atoms with Crippen LogP contribution in [0, 0.1) is 0 Å². The van der Waals surface area contributed by atoms with E-state index in [1.54, 1.807) is 36.8 Å². The fourth-order valence-electron chi connectivity index (χ4n) is 2.68. The number of nitrogens with one attached hydrogen (secondary N) is 2. The molecule has 0 aliphatic heterocycles. The van der Waals surface area contributed by atoms with E-state index in [9.17, 15) is 9.59 Å². The van der Waals surface area contributed by atoms with Crippen LogP contribution < -0.4 is 10.6 Å². The number of hydrogen-bond acceptors (Lipinski definition) is 3. The quantitative estimate of drug-likeness (QED) is 0.672. The zero-order valence-electron chi connectivity index (χ0n) is 15.2. The fourth-order valence-corrected chi connectivity index (χ4v) is 2.68. The van der Waals surface area contributed by atoms with Gasteiger partial charge < -0.3 is 15.2 Å². The number of benzene rings is 2. The maximum absolute atomic E-state index is 12.5. The van der Waals surface area contributed by atoms with Gasteiger partial charge in [0.2, 0.25) is 5.91 Å². The van der Waals surface area contributed by atoms with E-state index in [0.29, 0.717) is 24.2 Å². The van der Waals surface area contributed by atoms with E-state index >= 15 is 0 Å². The Morgan fingerprint density at radius 1 is 1.04 bits per heavy atom. The Labute approximate surface area is 158 Å². The number of imidazole rings is 1. The van der Waals surface area contributed by atoms with Crippen molar-refractivity contribution < 1.29 is 9.59 Å². The van der Waals surface area contributed by atoms with Gasteiger partial charge in [-0.15, -0.1) is 0 Å². The Morgan fingerprint density at radius 2 is 1.81 bits per heavy atom. The number of rotatable bonds is 7. The Hall–Kier alpha value is -3.41. The van der Waals surface area contributed by atoms with Crippen molar-refractivity contribution in [3.8, 4) is 0 Å². The molecule has 2 N–H and O–H groups in total. The van der Waals surface area contributed by atoms with Crippen LogP contribution in [-0.2, 0) is 17.8 Å². The smallest absolute Gasteiger partial charge is 0.255 e. The highest BCUT2D eigenvalue weighted by Crippen LogP contribution is 2.15. The lowest BCUT2D eigenvalue weighted by Crippen LogP contribution is -2.15. The summed E-state index contributed by atoms with van der Waals surface area (Å²) < 4.78 is 1.84. The first kappa shape index (κ1) is 18.4. The molecule has 0 saturated carbocycles. The third-order valence-electron chi connectivity index (χ3n) is 4.16. The van der Waals surface area contributed by atoms with Crippen LogP contribution in [0.3, 0.4) is 0 Å². The van der Waals surface area contributed by atoms with E-state index in [1.807, 2.05) is 35.0 Å². The van der Waals surface area contributed by atoms with Gasteiger partial charge in [-0.1, -0.05) is 25.1 Å². The van der Waals surface area contributed by atoms with Crippen LogP contribution in [0.15, 0.2) is 67.3 Å². The van der Waals surface area contributed by atoms with Crippen molar-refractivity contribution in [3.05, 3.63) is 78.4 Å². The minimum Gasteiger partial charge on any atom is -0.337 e. The van der Waals surface area contributed by atoms with Crippen molar-refractivity contribution in [1.82, 2.24) is 9.55 Å². The molecular formula is C21H22N4O2. The van der Waals surface area contributed by atoms with Gasteiger partial charge in [0.15, 0.2) is 0 Å². The summed E-state index contributed by atoms with van der Waals surface area (Å²) in [5.41, 5.74) is 3.01. The molecule has 2 amide bonds. The lowest BCUT2D eigenvalue weighted by Gasteiger charge is -2.09. The van der Waals surface area contributed by atoms with Gasteiger partial charge >= 0.3 is 0 Å². The summed E-state index contributed by atoms with van der Waals surface area (Å²) >= 11 is 0. The third kappa shape index (κ3) is 5.28. The van der Waals surface area contributed by atoms with Crippen molar-refractivity contribution in [2.24, 2.45) is 0 Å². The molecule has 27 heavy (non-hydrogen) atoms. The van der Waals surface area contributed by atoms with E-state index in [2.05, 4.69) is 22.5 Å². The third-order valence-corrected chi connectivity index (χ3v) is 4.16. The number of amides is 2. The van der Waals surface area contributed by atoms with Gasteiger partial charge in [-0.25, -0.2) is 4.98 Å². The summed E-state index contributed by atoms with van der Waals surface area (Å²) in [6.07, 6.45) is 6.40. The lowest BCUT2D eigenvalue weighted by atomic mass is 10.1. The van der Waals surface area contributed by atoms with E-state index in [4.69, 9.17) is 0 Å². The van der Waals surface area contributed by atoms with E-state index in [0.717, 1.165) is 17.7 Å². The molecule has 3 aromatic rings. The first-order valence-corrected chi connectivity index (χ1v) is 8.90. The maximum atomic E-state index is 12.5. The van der Waals surface area contributed by atoms with Crippen LogP contribution in [0.4, 0.5) is 11.4 Å². The van der Waals surface area contributed by atoms with Crippen LogP contribution in [0.5, 0.6) is 0 Å². The van der Waals surface area contributed by atoms with Crippen molar-refractivity contribution in [3.63, 3.8) is 0 Å². The second-order valence-electron chi connectivity index (χ2n) is 6.19. The zero-order chi connectivity index (χ0) is 19.1. The highest BCUT2D eigenvalue weighted by atomic mass is 16.2. The fraction of sp³-hybridized carbons (Fsp3) is 0.190. The van der Waals surface area contributed by atoms with Crippen LogP contribution in [-0.4, -0.2) is 21.4 Å². The number of carbonyl (C=O) groups excluding carboxylic acids is 2. The summed E-state index contributed by atoms with van der Waals surface area (Å²) in [7, 11) is 0.